The van der Waals surface area contributed by atoms with E-state index in [0.717, 1.165) is 5.39 Å². The highest BCUT2D eigenvalue weighted by atomic mass is 16.5. The summed E-state index contributed by atoms with van der Waals surface area (Å²) in [6, 6.07) is 8.77. The molecule has 2 atom stereocenters. The molecule has 0 N–H and O–H groups in total. The standard InChI is InChI=1S/C16H17NO4/c1-10-8-17(9-11(2)20-10)15(18)13-7-12-5-3-4-6-14(12)21-16(13)19/h3-7,10-11H,8-9H2,1-2H3/t10-,11-/m0/s1. The Kier molecular flexibility index (Phi) is 3.51. The van der Waals surface area contributed by atoms with Crippen LogP contribution in [0.25, 0.3) is 11.0 Å². The van der Waals surface area contributed by atoms with E-state index >= 15 is 0 Å². The van der Waals surface area contributed by atoms with Gasteiger partial charge < -0.3 is 14.1 Å². The molecule has 0 unspecified atom stereocenters. The molecule has 1 aliphatic rings. The number of fused-ring (bicyclic) bond motifs is 1. The average Bonchev–Trinajstić information content (AvgIpc) is 2.44. The van der Waals surface area contributed by atoms with Crippen molar-refractivity contribution in [2.45, 2.75) is 26.1 Å². The number of rotatable bonds is 1. The molecule has 2 heterocycles. The Balaban J connectivity index is 1.97. The average molecular weight is 287 g/mol. The summed E-state index contributed by atoms with van der Waals surface area (Å²) in [4.78, 5) is 26.3. The summed E-state index contributed by atoms with van der Waals surface area (Å²) in [7, 11) is 0. The second-order valence-corrected chi connectivity index (χ2v) is 5.45. The van der Waals surface area contributed by atoms with Crippen LogP contribution < -0.4 is 5.63 Å². The fourth-order valence-corrected chi connectivity index (χ4v) is 2.73. The van der Waals surface area contributed by atoms with Gasteiger partial charge in [0.1, 0.15) is 11.1 Å². The smallest absolute Gasteiger partial charge is 0.349 e. The molecule has 110 valence electrons. The van der Waals surface area contributed by atoms with Crippen LogP contribution in [0.2, 0.25) is 0 Å². The van der Waals surface area contributed by atoms with Crippen LogP contribution >= 0.6 is 0 Å². The van der Waals surface area contributed by atoms with E-state index in [2.05, 4.69) is 0 Å². The molecule has 1 amide bonds. The van der Waals surface area contributed by atoms with Gasteiger partial charge in [-0.2, -0.15) is 0 Å². The van der Waals surface area contributed by atoms with Gasteiger partial charge in [-0.05, 0) is 26.0 Å². The van der Waals surface area contributed by atoms with Crippen LogP contribution in [-0.4, -0.2) is 36.1 Å². The largest absolute Gasteiger partial charge is 0.422 e. The molecular weight excluding hydrogens is 270 g/mol. The predicted molar refractivity (Wildman–Crippen MR) is 78.4 cm³/mol. The molecule has 21 heavy (non-hydrogen) atoms. The first-order valence-electron chi connectivity index (χ1n) is 7.02. The lowest BCUT2D eigenvalue weighted by Crippen LogP contribution is -2.49. The molecule has 0 spiro atoms. The van der Waals surface area contributed by atoms with Gasteiger partial charge in [0.05, 0.1) is 12.2 Å². The third-order valence-electron chi connectivity index (χ3n) is 3.58. The summed E-state index contributed by atoms with van der Waals surface area (Å²) < 4.78 is 10.8. The van der Waals surface area contributed by atoms with Crippen molar-refractivity contribution in [1.29, 1.82) is 0 Å². The normalized spacial score (nSPS) is 22.5. The Hall–Kier alpha value is -2.14. The molecule has 2 aromatic rings. The van der Waals surface area contributed by atoms with Gasteiger partial charge in [0.15, 0.2) is 0 Å². The van der Waals surface area contributed by atoms with E-state index in [4.69, 9.17) is 9.15 Å². The summed E-state index contributed by atoms with van der Waals surface area (Å²) in [5.74, 6) is -0.295. The van der Waals surface area contributed by atoms with E-state index in [9.17, 15) is 9.59 Å². The highest BCUT2D eigenvalue weighted by Crippen LogP contribution is 2.16. The van der Waals surface area contributed by atoms with Gasteiger partial charge >= 0.3 is 5.63 Å². The quantitative estimate of drug-likeness (QED) is 0.753. The summed E-state index contributed by atoms with van der Waals surface area (Å²) in [5, 5.41) is 0.745. The molecule has 1 fully saturated rings. The van der Waals surface area contributed by atoms with Crippen molar-refractivity contribution in [2.75, 3.05) is 13.1 Å². The number of ether oxygens (including phenoxy) is 1. The van der Waals surface area contributed by atoms with Crippen LogP contribution in [0.5, 0.6) is 0 Å². The Labute approximate surface area is 122 Å². The van der Waals surface area contributed by atoms with E-state index in [1.54, 1.807) is 23.1 Å². The van der Waals surface area contributed by atoms with Crippen molar-refractivity contribution in [3.63, 3.8) is 0 Å². The van der Waals surface area contributed by atoms with Gasteiger partial charge in [-0.3, -0.25) is 4.79 Å². The van der Waals surface area contributed by atoms with E-state index in [0.29, 0.717) is 18.7 Å². The maximum absolute atomic E-state index is 12.6. The van der Waals surface area contributed by atoms with E-state index in [-0.39, 0.29) is 23.7 Å². The SMILES string of the molecule is C[C@H]1CN(C(=O)c2cc3ccccc3oc2=O)C[C@H](C)O1. The number of carbonyl (C=O) groups excluding carboxylic acids is 1. The fraction of sp³-hybridized carbons (Fsp3) is 0.375. The Bertz CT molecular complexity index is 726. The molecule has 0 bridgehead atoms. The van der Waals surface area contributed by atoms with Crippen molar-refractivity contribution in [1.82, 2.24) is 4.90 Å². The fourth-order valence-electron chi connectivity index (χ4n) is 2.73. The number of para-hydroxylation sites is 1. The van der Waals surface area contributed by atoms with Crippen molar-refractivity contribution < 1.29 is 13.9 Å². The van der Waals surface area contributed by atoms with E-state index in [1.165, 1.54) is 0 Å². The minimum Gasteiger partial charge on any atom is -0.422 e. The van der Waals surface area contributed by atoms with Gasteiger partial charge in [-0.15, -0.1) is 0 Å². The first-order chi connectivity index (χ1) is 10.0. The second kappa shape index (κ2) is 5.33. The van der Waals surface area contributed by atoms with Crippen LogP contribution in [0.3, 0.4) is 0 Å². The third-order valence-corrected chi connectivity index (χ3v) is 3.58. The van der Waals surface area contributed by atoms with Crippen molar-refractivity contribution in [2.24, 2.45) is 0 Å². The first kappa shape index (κ1) is 13.8. The summed E-state index contributed by atoms with van der Waals surface area (Å²) in [6.45, 7) is 4.79. The van der Waals surface area contributed by atoms with Gasteiger partial charge in [0, 0.05) is 18.5 Å². The Morgan fingerprint density at radius 1 is 1.19 bits per heavy atom. The van der Waals surface area contributed by atoms with E-state index in [1.807, 2.05) is 26.0 Å². The molecule has 5 heteroatoms. The van der Waals surface area contributed by atoms with Crippen LogP contribution in [0.15, 0.2) is 39.5 Å². The molecule has 0 radical (unpaired) electrons. The van der Waals surface area contributed by atoms with Crippen LogP contribution in [-0.2, 0) is 4.74 Å². The van der Waals surface area contributed by atoms with Crippen molar-refractivity contribution in [3.05, 3.63) is 46.3 Å². The molecule has 1 aromatic carbocycles. The highest BCUT2D eigenvalue weighted by Gasteiger charge is 2.28. The molecule has 1 saturated heterocycles. The first-order valence-corrected chi connectivity index (χ1v) is 7.02. The van der Waals surface area contributed by atoms with Gasteiger partial charge in [0.2, 0.25) is 0 Å². The zero-order valence-corrected chi connectivity index (χ0v) is 12.0. The third kappa shape index (κ3) is 2.69. The van der Waals surface area contributed by atoms with Crippen molar-refractivity contribution >= 4 is 16.9 Å². The Morgan fingerprint density at radius 2 is 1.86 bits per heavy atom. The maximum Gasteiger partial charge on any atom is 0.349 e. The molecule has 5 nitrogen and oxygen atoms in total. The molecular formula is C16H17NO4. The molecule has 0 saturated carbocycles. The topological polar surface area (TPSA) is 59.8 Å². The Morgan fingerprint density at radius 3 is 2.57 bits per heavy atom. The van der Waals surface area contributed by atoms with E-state index < -0.39 is 5.63 Å². The molecule has 1 aliphatic heterocycles. The van der Waals surface area contributed by atoms with Gasteiger partial charge in [-0.25, -0.2) is 4.79 Å². The zero-order chi connectivity index (χ0) is 15.0. The predicted octanol–water partition coefficient (Wildman–Crippen LogP) is 2.04. The van der Waals surface area contributed by atoms with Crippen LogP contribution in [0.1, 0.15) is 24.2 Å². The maximum atomic E-state index is 12.6. The van der Waals surface area contributed by atoms with Gasteiger partial charge in [-0.1, -0.05) is 18.2 Å². The minimum absolute atomic E-state index is 0.0369. The monoisotopic (exact) mass is 287 g/mol. The summed E-state index contributed by atoms with van der Waals surface area (Å²) in [6.07, 6.45) is -0.0737. The molecule has 1 aromatic heterocycles. The molecule has 3 rings (SSSR count). The lowest BCUT2D eigenvalue weighted by Gasteiger charge is -2.35. The van der Waals surface area contributed by atoms with Crippen LogP contribution in [0, 0.1) is 0 Å². The number of amides is 1. The summed E-state index contributed by atoms with van der Waals surface area (Å²) in [5.41, 5.74) is -0.0248. The number of hydrogen-bond donors (Lipinski definition) is 0. The van der Waals surface area contributed by atoms with Crippen molar-refractivity contribution in [3.8, 4) is 0 Å². The number of hydrogen-bond acceptors (Lipinski definition) is 4. The minimum atomic E-state index is -0.592. The number of nitrogens with zero attached hydrogens (tertiary/aromatic N) is 1. The summed E-state index contributed by atoms with van der Waals surface area (Å²) >= 11 is 0. The lowest BCUT2D eigenvalue weighted by molar-refractivity contribution is -0.0587. The number of carbonyl (C=O) groups is 1. The number of benzene rings is 1. The molecule has 0 aliphatic carbocycles. The van der Waals surface area contributed by atoms with Gasteiger partial charge in [0.25, 0.3) is 5.91 Å². The highest BCUT2D eigenvalue weighted by molar-refractivity contribution is 5.96. The lowest BCUT2D eigenvalue weighted by atomic mass is 10.1. The zero-order valence-electron chi connectivity index (χ0n) is 12.0. The second-order valence-electron chi connectivity index (χ2n) is 5.45. The van der Waals surface area contributed by atoms with Crippen LogP contribution in [0.4, 0.5) is 0 Å². The number of morpholine rings is 1.